The fourth-order valence-corrected chi connectivity index (χ4v) is 0.914. The third kappa shape index (κ3) is 0.815. The Bertz CT molecular complexity index is 483. The van der Waals surface area contributed by atoms with Crippen molar-refractivity contribution in [3.8, 4) is 0 Å². The number of hydrogen-bond donors (Lipinski definition) is 2. The molecule has 0 spiro atoms. The highest BCUT2D eigenvalue weighted by Gasteiger charge is 2.04. The van der Waals surface area contributed by atoms with Crippen molar-refractivity contribution in [2.75, 3.05) is 0 Å². The average molecular weight is 164 g/mol. The zero-order valence-electron chi connectivity index (χ0n) is 5.87. The topological polar surface area (TPSA) is 91.5 Å². The monoisotopic (exact) mass is 164 g/mol. The summed E-state index contributed by atoms with van der Waals surface area (Å²) in [4.78, 5) is 33.7. The lowest BCUT2D eigenvalue weighted by Gasteiger charge is -1.81. The maximum atomic E-state index is 11.0. The van der Waals surface area contributed by atoms with Crippen LogP contribution in [0.2, 0.25) is 0 Å². The number of imidazole rings is 1. The van der Waals surface area contributed by atoms with Gasteiger partial charge in [0.15, 0.2) is 23.3 Å². The number of aromatic nitrogens is 4. The molecule has 0 aromatic carbocycles. The first-order valence-corrected chi connectivity index (χ1v) is 3.20. The zero-order valence-corrected chi connectivity index (χ0v) is 5.87. The molecule has 12 heavy (non-hydrogen) atoms. The molecule has 0 saturated carbocycles. The molecule has 0 bridgehead atoms. The second kappa shape index (κ2) is 2.26. The molecule has 6 nitrogen and oxygen atoms in total. The van der Waals surface area contributed by atoms with Gasteiger partial charge in [0.05, 0.1) is 6.33 Å². The second-order valence-electron chi connectivity index (χ2n) is 2.17. The molecule has 0 aliphatic carbocycles. The highest BCUT2D eigenvalue weighted by molar-refractivity contribution is 5.78. The van der Waals surface area contributed by atoms with Crippen LogP contribution in [0.15, 0.2) is 11.1 Å². The number of aromatic amines is 2. The van der Waals surface area contributed by atoms with Crippen molar-refractivity contribution >= 4 is 17.5 Å². The molecule has 0 aliphatic rings. The van der Waals surface area contributed by atoms with Crippen LogP contribution in [-0.2, 0) is 0 Å². The van der Waals surface area contributed by atoms with E-state index in [1.165, 1.54) is 6.33 Å². The quantitative estimate of drug-likeness (QED) is 0.553. The van der Waals surface area contributed by atoms with Crippen LogP contribution >= 0.6 is 0 Å². The minimum atomic E-state index is -0.333. The van der Waals surface area contributed by atoms with Crippen LogP contribution in [0.5, 0.6) is 0 Å². The summed E-state index contributed by atoms with van der Waals surface area (Å²) in [5.74, 6) is 0.106. The zero-order chi connectivity index (χ0) is 8.55. The Kier molecular flexibility index (Phi) is 1.26. The van der Waals surface area contributed by atoms with Crippen molar-refractivity contribution in [3.05, 3.63) is 22.5 Å². The molecule has 60 valence electrons. The smallest absolute Gasteiger partial charge is 0.276 e. The maximum Gasteiger partial charge on any atom is 0.276 e. The van der Waals surface area contributed by atoms with Crippen molar-refractivity contribution in [1.82, 2.24) is 19.9 Å². The van der Waals surface area contributed by atoms with Gasteiger partial charge in [-0.05, 0) is 0 Å². The van der Waals surface area contributed by atoms with Gasteiger partial charge in [0.1, 0.15) is 0 Å². The summed E-state index contributed by atoms with van der Waals surface area (Å²) in [6.45, 7) is 0. The molecule has 0 unspecified atom stereocenters. The lowest BCUT2D eigenvalue weighted by molar-refractivity contribution is 0.111. The third-order valence-corrected chi connectivity index (χ3v) is 1.42. The molecule has 0 saturated heterocycles. The van der Waals surface area contributed by atoms with Crippen molar-refractivity contribution in [1.29, 1.82) is 0 Å². The van der Waals surface area contributed by atoms with Crippen molar-refractivity contribution in [3.63, 3.8) is 0 Å². The van der Waals surface area contributed by atoms with Gasteiger partial charge in [-0.3, -0.25) is 9.59 Å². The Morgan fingerprint density at radius 1 is 1.50 bits per heavy atom. The van der Waals surface area contributed by atoms with Crippen LogP contribution in [0, 0.1) is 0 Å². The molecule has 0 amide bonds. The predicted octanol–water partition coefficient (Wildman–Crippen LogP) is -0.541. The van der Waals surface area contributed by atoms with E-state index in [4.69, 9.17) is 0 Å². The average Bonchev–Trinajstić information content (AvgIpc) is 2.49. The van der Waals surface area contributed by atoms with Gasteiger partial charge in [-0.15, -0.1) is 0 Å². The molecule has 2 aromatic rings. The molecule has 2 heterocycles. The van der Waals surface area contributed by atoms with E-state index in [1.54, 1.807) is 0 Å². The summed E-state index contributed by atoms with van der Waals surface area (Å²) in [7, 11) is 0. The van der Waals surface area contributed by atoms with E-state index in [2.05, 4.69) is 19.9 Å². The number of nitrogens with zero attached hydrogens (tertiary/aromatic N) is 2. The Balaban J connectivity index is 2.92. The molecule has 0 atom stereocenters. The number of aldehydes is 1. The van der Waals surface area contributed by atoms with Crippen LogP contribution < -0.4 is 5.56 Å². The summed E-state index contributed by atoms with van der Waals surface area (Å²) in [5, 5.41) is 0. The largest absolute Gasteiger partial charge is 0.330 e. The minimum Gasteiger partial charge on any atom is -0.330 e. The van der Waals surface area contributed by atoms with Gasteiger partial charge in [-0.1, -0.05) is 0 Å². The number of H-pyrrole nitrogens is 2. The molecule has 2 aromatic heterocycles. The number of carbonyl (C=O) groups excluding carboxylic acids is 1. The first-order valence-electron chi connectivity index (χ1n) is 3.20. The van der Waals surface area contributed by atoms with E-state index in [1.807, 2.05) is 0 Å². The fourth-order valence-electron chi connectivity index (χ4n) is 0.914. The third-order valence-electron chi connectivity index (χ3n) is 1.42. The Morgan fingerprint density at radius 2 is 2.33 bits per heavy atom. The summed E-state index contributed by atoms with van der Waals surface area (Å²) in [6, 6.07) is 0. The van der Waals surface area contributed by atoms with Gasteiger partial charge >= 0.3 is 0 Å². The molecule has 0 fully saturated rings. The van der Waals surface area contributed by atoms with Gasteiger partial charge < -0.3 is 9.97 Å². The summed E-state index contributed by atoms with van der Waals surface area (Å²) >= 11 is 0. The summed E-state index contributed by atoms with van der Waals surface area (Å²) in [6.07, 6.45) is 1.77. The van der Waals surface area contributed by atoms with Gasteiger partial charge in [0, 0.05) is 0 Å². The van der Waals surface area contributed by atoms with E-state index < -0.39 is 0 Å². The highest BCUT2D eigenvalue weighted by atomic mass is 16.1. The van der Waals surface area contributed by atoms with Gasteiger partial charge in [-0.25, -0.2) is 9.97 Å². The fraction of sp³-hybridized carbons (Fsp3) is 0. The molecule has 6 heteroatoms. The predicted molar refractivity (Wildman–Crippen MR) is 39.9 cm³/mol. The SMILES string of the molecule is O=Cc1nc2nc[nH]c(=O)c2[nH]1. The minimum absolute atomic E-state index is 0.106. The van der Waals surface area contributed by atoms with Crippen LogP contribution in [0.25, 0.3) is 11.2 Å². The number of hydrogen-bond acceptors (Lipinski definition) is 4. The Morgan fingerprint density at radius 3 is 3.00 bits per heavy atom. The molecular formula is C6H4N4O2. The van der Waals surface area contributed by atoms with E-state index in [0.717, 1.165) is 0 Å². The molecular weight excluding hydrogens is 160 g/mol. The van der Waals surface area contributed by atoms with Crippen LogP contribution in [0.1, 0.15) is 10.6 Å². The molecule has 0 radical (unpaired) electrons. The van der Waals surface area contributed by atoms with Crippen LogP contribution in [0.3, 0.4) is 0 Å². The lowest BCUT2D eigenvalue weighted by atomic mass is 10.6. The standard InChI is InChI=1S/C6H4N4O2/c11-1-3-9-4-5(10-3)7-2-8-6(4)12/h1-2H,(H2,7,8,9,10,12). The van der Waals surface area contributed by atoms with Crippen LogP contribution in [-0.4, -0.2) is 26.2 Å². The van der Waals surface area contributed by atoms with Crippen molar-refractivity contribution in [2.24, 2.45) is 0 Å². The molecule has 0 aliphatic heterocycles. The highest BCUT2D eigenvalue weighted by Crippen LogP contribution is 1.99. The van der Waals surface area contributed by atoms with Crippen molar-refractivity contribution in [2.45, 2.75) is 0 Å². The summed E-state index contributed by atoms with van der Waals surface area (Å²) < 4.78 is 0. The summed E-state index contributed by atoms with van der Waals surface area (Å²) in [5.41, 5.74) is 0.140. The first-order chi connectivity index (χ1) is 5.81. The van der Waals surface area contributed by atoms with Gasteiger partial charge in [-0.2, -0.15) is 0 Å². The molecule has 2 N–H and O–H groups in total. The number of carbonyl (C=O) groups is 1. The van der Waals surface area contributed by atoms with Gasteiger partial charge in [0.2, 0.25) is 0 Å². The Labute approximate surface area is 65.7 Å². The van der Waals surface area contributed by atoms with E-state index in [-0.39, 0.29) is 22.5 Å². The van der Waals surface area contributed by atoms with E-state index in [0.29, 0.717) is 6.29 Å². The maximum absolute atomic E-state index is 11.0. The number of fused-ring (bicyclic) bond motifs is 1. The van der Waals surface area contributed by atoms with E-state index in [9.17, 15) is 9.59 Å². The second-order valence-corrected chi connectivity index (χ2v) is 2.17. The number of rotatable bonds is 1. The molecule has 2 rings (SSSR count). The van der Waals surface area contributed by atoms with Gasteiger partial charge in [0.25, 0.3) is 5.56 Å². The Hall–Kier alpha value is -1.98. The first kappa shape index (κ1) is 6.71. The van der Waals surface area contributed by atoms with E-state index >= 15 is 0 Å². The van der Waals surface area contributed by atoms with Crippen molar-refractivity contribution < 1.29 is 4.79 Å². The lowest BCUT2D eigenvalue weighted by Crippen LogP contribution is -2.05. The normalized spacial score (nSPS) is 10.3. The van der Waals surface area contributed by atoms with Crippen LogP contribution in [0.4, 0.5) is 0 Å². The number of nitrogens with one attached hydrogen (secondary N) is 2.